The number of hydrogen-bond donors (Lipinski definition) is 4. The summed E-state index contributed by atoms with van der Waals surface area (Å²) >= 11 is 1.62. The van der Waals surface area contributed by atoms with Crippen molar-refractivity contribution in [1.82, 2.24) is 25.1 Å². The molecule has 0 saturated heterocycles. The topological polar surface area (TPSA) is 204 Å². The number of hydrogen-bond acceptors (Lipinski definition) is 11. The smallest absolute Gasteiger partial charge is 0.308 e. The third-order valence-electron chi connectivity index (χ3n) is 10.7. The van der Waals surface area contributed by atoms with Gasteiger partial charge in [-0.2, -0.15) is 5.26 Å². The van der Waals surface area contributed by atoms with Crippen LogP contribution in [0, 0.1) is 39.0 Å². The molecule has 0 fully saturated rings. The van der Waals surface area contributed by atoms with Crippen molar-refractivity contribution in [3.63, 3.8) is 0 Å². The average Bonchev–Trinajstić information content (AvgIpc) is 3.92. The molecule has 8 rings (SSSR count). The highest BCUT2D eigenvalue weighted by atomic mass is 32.2. The Labute approximate surface area is 349 Å². The van der Waals surface area contributed by atoms with E-state index in [2.05, 4.69) is 45.1 Å². The van der Waals surface area contributed by atoms with E-state index in [1.54, 1.807) is 53.9 Å². The summed E-state index contributed by atoms with van der Waals surface area (Å²) in [4.78, 5) is 34.9. The van der Waals surface area contributed by atoms with E-state index in [1.807, 2.05) is 42.7 Å². The van der Waals surface area contributed by atoms with E-state index >= 15 is 0 Å². The van der Waals surface area contributed by atoms with Gasteiger partial charge in [-0.15, -0.1) is 21.5 Å². The van der Waals surface area contributed by atoms with E-state index in [-0.39, 0.29) is 29.2 Å². The quantitative estimate of drug-likeness (QED) is 0.101. The first kappa shape index (κ1) is 39.7. The summed E-state index contributed by atoms with van der Waals surface area (Å²) in [5, 5.41) is 33.5. The number of nitrogens with zero attached hydrogens (tertiary/aromatic N) is 5. The fraction of sp³-hybridized carbons (Fsp3) is 0.182. The van der Waals surface area contributed by atoms with Gasteiger partial charge in [0.05, 0.1) is 46.5 Å². The van der Waals surface area contributed by atoms with Crippen molar-refractivity contribution in [1.29, 1.82) is 5.26 Å². The zero-order valence-electron chi connectivity index (χ0n) is 33.1. The van der Waals surface area contributed by atoms with Crippen LogP contribution < -0.4 is 10.0 Å². The van der Waals surface area contributed by atoms with Crippen LogP contribution in [0.4, 0.5) is 5.69 Å². The second-order valence-corrected chi connectivity index (χ2v) is 17.3. The number of amides is 1. The molecule has 4 heterocycles. The number of carbonyl (C=O) groups is 2. The van der Waals surface area contributed by atoms with Gasteiger partial charge >= 0.3 is 5.97 Å². The SMILES string of the molecule is COC(=O)C[C@@H]1N=C(c2ccc(-c3ccc(C(=O)NCc4ccc(S(=O)(=O)Nc5ccc(C)c6c(C#N)c[nH]c56)cc4)c(O)c3)cc2)c2c(sc(C)c2C)-n2c(C)nnc21. The number of esters is 1. The van der Waals surface area contributed by atoms with Crippen LogP contribution in [0.1, 0.15) is 72.7 Å². The molecule has 0 bridgehead atoms. The lowest BCUT2D eigenvalue weighted by Gasteiger charge is -2.13. The lowest BCUT2D eigenvalue weighted by molar-refractivity contribution is -0.141. The maximum Gasteiger partial charge on any atom is 0.308 e. The van der Waals surface area contributed by atoms with Crippen molar-refractivity contribution in [3.8, 4) is 27.9 Å². The summed E-state index contributed by atoms with van der Waals surface area (Å²) in [6.07, 6.45) is 1.54. The Hall–Kier alpha value is -7.09. The zero-order chi connectivity index (χ0) is 42.5. The number of aromatic hydroxyl groups is 1. The Morgan fingerprint density at radius 1 is 0.967 bits per heavy atom. The number of anilines is 1. The number of phenolic OH excluding ortho intramolecular Hbond substituents is 1. The number of phenols is 1. The van der Waals surface area contributed by atoms with E-state index in [1.165, 1.54) is 25.3 Å². The number of thiophene rings is 1. The van der Waals surface area contributed by atoms with E-state index in [0.29, 0.717) is 44.9 Å². The summed E-state index contributed by atoms with van der Waals surface area (Å²) < 4.78 is 36.1. The van der Waals surface area contributed by atoms with Crippen LogP contribution in [0.15, 0.2) is 94.9 Å². The van der Waals surface area contributed by atoms with E-state index in [0.717, 1.165) is 43.4 Å². The van der Waals surface area contributed by atoms with Gasteiger partial charge in [0.15, 0.2) is 5.82 Å². The molecule has 14 nitrogen and oxygen atoms in total. The minimum absolute atomic E-state index is 0.00360. The van der Waals surface area contributed by atoms with Crippen molar-refractivity contribution in [3.05, 3.63) is 141 Å². The first-order valence-corrected chi connectivity index (χ1v) is 21.1. The molecule has 1 aliphatic heterocycles. The fourth-order valence-corrected chi connectivity index (χ4v) is 9.64. The predicted octanol–water partition coefficient (Wildman–Crippen LogP) is 7.47. The van der Waals surface area contributed by atoms with Crippen molar-refractivity contribution in [2.24, 2.45) is 4.99 Å². The Balaban J connectivity index is 0.964. The summed E-state index contributed by atoms with van der Waals surface area (Å²) in [6.45, 7) is 7.92. The molecule has 3 aromatic heterocycles. The lowest BCUT2D eigenvalue weighted by Crippen LogP contribution is -2.23. The molecule has 1 atom stereocenters. The molecule has 0 radical (unpaired) electrons. The number of aromatic amines is 1. The number of rotatable bonds is 10. The number of H-pyrrole nitrogens is 1. The van der Waals surface area contributed by atoms with Crippen LogP contribution in [-0.2, 0) is 26.1 Å². The molecule has 16 heteroatoms. The van der Waals surface area contributed by atoms with Gasteiger partial charge in [0, 0.05) is 34.1 Å². The number of aromatic nitrogens is 4. The van der Waals surface area contributed by atoms with Crippen molar-refractivity contribution in [2.45, 2.75) is 51.6 Å². The zero-order valence-corrected chi connectivity index (χ0v) is 34.7. The molecule has 0 spiro atoms. The fourth-order valence-electron chi connectivity index (χ4n) is 7.35. The standard InChI is InChI=1S/C44H38N8O6S2/c1-23-6-17-34(41-38(23)31(20-45)22-46-41)51-60(56,57)32-14-7-27(8-15-32)21-47-43(55)33-16-13-30(18-36(33)53)28-9-11-29(12-10-28)40-39-24(2)25(3)59-44(39)52-26(4)49-50-42(52)35(48-40)19-37(54)58-5/h6-18,22,35,46,51,53H,19,21H2,1-5H3,(H,47,55)/t35-/m0/s1. The molecule has 302 valence electrons. The number of fused-ring (bicyclic) bond motifs is 4. The first-order valence-electron chi connectivity index (χ1n) is 18.8. The molecule has 4 N–H and O–H groups in total. The van der Waals surface area contributed by atoms with Crippen molar-refractivity contribution < 1.29 is 27.9 Å². The number of aliphatic imine (C=N–C) groups is 1. The van der Waals surface area contributed by atoms with Gasteiger partial charge in [0.25, 0.3) is 15.9 Å². The van der Waals surface area contributed by atoms with Crippen LogP contribution in [-0.4, -0.2) is 58.0 Å². The summed E-state index contributed by atoms with van der Waals surface area (Å²) in [5.41, 5.74) is 7.86. The maximum absolute atomic E-state index is 13.3. The minimum atomic E-state index is -3.98. The largest absolute Gasteiger partial charge is 0.507 e. The second-order valence-electron chi connectivity index (χ2n) is 14.4. The number of sulfonamides is 1. The summed E-state index contributed by atoms with van der Waals surface area (Å²) in [6, 6.07) is 23.5. The molecular formula is C44H38N8O6S2. The number of ether oxygens (including phenoxy) is 1. The summed E-state index contributed by atoms with van der Waals surface area (Å²) in [7, 11) is -2.63. The molecule has 4 aromatic carbocycles. The first-order chi connectivity index (χ1) is 28.8. The summed E-state index contributed by atoms with van der Waals surface area (Å²) in [5.74, 6) is 0.138. The Kier molecular flexibility index (Phi) is 10.3. The number of nitriles is 1. The molecule has 7 aromatic rings. The molecule has 0 aliphatic carbocycles. The normalized spacial score (nSPS) is 13.5. The number of aryl methyl sites for hydroxylation is 3. The molecule has 1 amide bonds. The molecule has 1 aliphatic rings. The predicted molar refractivity (Wildman–Crippen MR) is 228 cm³/mol. The van der Waals surface area contributed by atoms with Crippen LogP contribution >= 0.6 is 11.3 Å². The average molecular weight is 839 g/mol. The maximum atomic E-state index is 13.3. The van der Waals surface area contributed by atoms with Crippen LogP contribution in [0.25, 0.3) is 27.0 Å². The Bertz CT molecular complexity index is 3050. The number of carbonyl (C=O) groups excluding carboxylic acids is 2. The number of nitrogens with one attached hydrogen (secondary N) is 3. The Morgan fingerprint density at radius 2 is 1.68 bits per heavy atom. The van der Waals surface area contributed by atoms with Gasteiger partial charge in [0.1, 0.15) is 28.7 Å². The molecule has 60 heavy (non-hydrogen) atoms. The number of methoxy groups -OCH3 is 1. The van der Waals surface area contributed by atoms with Crippen LogP contribution in [0.3, 0.4) is 0 Å². The highest BCUT2D eigenvalue weighted by molar-refractivity contribution is 7.92. The highest BCUT2D eigenvalue weighted by Gasteiger charge is 2.32. The van der Waals surface area contributed by atoms with Crippen LogP contribution in [0.2, 0.25) is 0 Å². The monoisotopic (exact) mass is 838 g/mol. The Morgan fingerprint density at radius 3 is 2.38 bits per heavy atom. The minimum Gasteiger partial charge on any atom is -0.507 e. The molecule has 0 saturated carbocycles. The van der Waals surface area contributed by atoms with Gasteiger partial charge in [-0.1, -0.05) is 48.5 Å². The molecular weight excluding hydrogens is 801 g/mol. The highest BCUT2D eigenvalue weighted by Crippen LogP contribution is 2.40. The second kappa shape index (κ2) is 15.6. The third kappa shape index (κ3) is 7.18. The third-order valence-corrected chi connectivity index (χ3v) is 13.2. The van der Waals surface area contributed by atoms with Gasteiger partial charge in [-0.25, -0.2) is 8.42 Å². The van der Waals surface area contributed by atoms with E-state index < -0.39 is 27.9 Å². The van der Waals surface area contributed by atoms with Crippen LogP contribution in [0.5, 0.6) is 5.75 Å². The van der Waals surface area contributed by atoms with Gasteiger partial charge in [0.2, 0.25) is 0 Å². The van der Waals surface area contributed by atoms with Gasteiger partial charge in [-0.05, 0) is 85.8 Å². The van der Waals surface area contributed by atoms with Crippen molar-refractivity contribution in [2.75, 3.05) is 11.8 Å². The van der Waals surface area contributed by atoms with E-state index in [4.69, 9.17) is 9.73 Å². The van der Waals surface area contributed by atoms with E-state index in [9.17, 15) is 28.4 Å². The molecule has 0 unspecified atom stereocenters. The number of benzene rings is 4. The van der Waals surface area contributed by atoms with Gasteiger partial charge < -0.3 is 20.1 Å². The van der Waals surface area contributed by atoms with Gasteiger partial charge in [-0.3, -0.25) is 23.9 Å². The lowest BCUT2D eigenvalue weighted by atomic mass is 9.96. The van der Waals surface area contributed by atoms with Crippen molar-refractivity contribution >= 4 is 55.5 Å².